The number of rotatable bonds is 5. The van der Waals surface area contributed by atoms with Gasteiger partial charge in [-0.25, -0.2) is 0 Å². The fourth-order valence-corrected chi connectivity index (χ4v) is 2.06. The summed E-state index contributed by atoms with van der Waals surface area (Å²) >= 11 is 0. The van der Waals surface area contributed by atoms with E-state index in [2.05, 4.69) is 10.4 Å². The third-order valence-electron chi connectivity index (χ3n) is 3.36. The topological polar surface area (TPSA) is 33.1 Å². The Hall–Kier alpha value is -2.02. The quantitative estimate of drug-likeness (QED) is 0.921. The van der Waals surface area contributed by atoms with Gasteiger partial charge in [0.2, 0.25) is 0 Å². The highest BCUT2D eigenvalue weighted by atomic mass is 19.4. The van der Waals surface area contributed by atoms with Gasteiger partial charge in [-0.2, -0.15) is 18.3 Å². The predicted octanol–water partition coefficient (Wildman–Crippen LogP) is 2.79. The van der Waals surface area contributed by atoms with Crippen LogP contribution in [0.25, 0.3) is 0 Å². The second-order valence-corrected chi connectivity index (χ2v) is 5.31. The number of nitrogens with zero attached hydrogens (tertiary/aromatic N) is 3. The van der Waals surface area contributed by atoms with E-state index in [4.69, 9.17) is 0 Å². The van der Waals surface area contributed by atoms with E-state index < -0.39 is 11.9 Å². The first-order valence-corrected chi connectivity index (χ1v) is 6.84. The maximum absolute atomic E-state index is 12.6. The molecule has 0 spiro atoms. The molecule has 4 nitrogen and oxygen atoms in total. The summed E-state index contributed by atoms with van der Waals surface area (Å²) in [7, 11) is 5.44. The molecule has 0 aliphatic heterocycles. The van der Waals surface area contributed by atoms with E-state index in [1.54, 1.807) is 0 Å². The second-order valence-electron chi connectivity index (χ2n) is 5.31. The number of anilines is 1. The lowest BCUT2D eigenvalue weighted by atomic mass is 10.2. The number of hydrogen-bond donors (Lipinski definition) is 1. The molecule has 1 aromatic heterocycles. The zero-order chi connectivity index (χ0) is 16.3. The fourth-order valence-electron chi connectivity index (χ4n) is 2.06. The van der Waals surface area contributed by atoms with Gasteiger partial charge in [-0.1, -0.05) is 12.1 Å². The Bertz CT molecular complexity index is 615. The smallest absolute Gasteiger partial charge is 0.378 e. The molecule has 0 atom stereocenters. The summed E-state index contributed by atoms with van der Waals surface area (Å²) in [5.74, 6) is 0. The number of alkyl halides is 3. The van der Waals surface area contributed by atoms with Gasteiger partial charge in [0, 0.05) is 39.9 Å². The van der Waals surface area contributed by atoms with E-state index in [0.29, 0.717) is 18.8 Å². The number of benzene rings is 1. The number of hydrogen-bond acceptors (Lipinski definition) is 3. The number of nitrogens with one attached hydrogen (secondary N) is 1. The van der Waals surface area contributed by atoms with Crippen molar-refractivity contribution in [1.82, 2.24) is 15.1 Å². The molecule has 2 aromatic rings. The van der Waals surface area contributed by atoms with Gasteiger partial charge in [-0.3, -0.25) is 4.68 Å². The van der Waals surface area contributed by atoms with Gasteiger partial charge in [0.1, 0.15) is 0 Å². The highest BCUT2D eigenvalue weighted by molar-refractivity contribution is 5.45. The van der Waals surface area contributed by atoms with E-state index in [1.165, 1.54) is 11.7 Å². The van der Waals surface area contributed by atoms with E-state index in [-0.39, 0.29) is 0 Å². The van der Waals surface area contributed by atoms with Crippen molar-refractivity contribution in [3.8, 4) is 0 Å². The minimum atomic E-state index is -4.40. The maximum atomic E-state index is 12.6. The normalized spacial score (nSPS) is 11.7. The Labute approximate surface area is 127 Å². The molecule has 1 heterocycles. The molecule has 0 aliphatic carbocycles. The van der Waals surface area contributed by atoms with E-state index in [9.17, 15) is 13.2 Å². The first-order chi connectivity index (χ1) is 10.3. The Morgan fingerprint density at radius 3 is 2.27 bits per heavy atom. The van der Waals surface area contributed by atoms with Gasteiger partial charge in [0.15, 0.2) is 5.69 Å². The SMILES string of the molecule is CN(C)c1ccc(CNCc2cc(C(F)(F)F)nn2C)cc1. The average Bonchev–Trinajstić information content (AvgIpc) is 2.81. The molecule has 0 unspecified atom stereocenters. The summed E-state index contributed by atoms with van der Waals surface area (Å²) in [5, 5.41) is 6.62. The summed E-state index contributed by atoms with van der Waals surface area (Å²) in [6.07, 6.45) is -4.40. The first-order valence-electron chi connectivity index (χ1n) is 6.84. The molecule has 0 bridgehead atoms. The molecule has 7 heteroatoms. The van der Waals surface area contributed by atoms with Crippen molar-refractivity contribution in [2.45, 2.75) is 19.3 Å². The lowest BCUT2D eigenvalue weighted by Gasteiger charge is -2.13. The van der Waals surface area contributed by atoms with Gasteiger partial charge >= 0.3 is 6.18 Å². The van der Waals surface area contributed by atoms with Crippen molar-refractivity contribution in [2.75, 3.05) is 19.0 Å². The van der Waals surface area contributed by atoms with Gasteiger partial charge in [-0.05, 0) is 23.8 Å². The maximum Gasteiger partial charge on any atom is 0.435 e. The molecule has 0 aliphatic rings. The number of aryl methyl sites for hydroxylation is 1. The highest BCUT2D eigenvalue weighted by Gasteiger charge is 2.34. The highest BCUT2D eigenvalue weighted by Crippen LogP contribution is 2.28. The fraction of sp³-hybridized carbons (Fsp3) is 0.400. The van der Waals surface area contributed by atoms with E-state index >= 15 is 0 Å². The monoisotopic (exact) mass is 312 g/mol. The van der Waals surface area contributed by atoms with Crippen LogP contribution in [0.5, 0.6) is 0 Å². The van der Waals surface area contributed by atoms with Crippen LogP contribution in [0.15, 0.2) is 30.3 Å². The van der Waals surface area contributed by atoms with Gasteiger partial charge < -0.3 is 10.2 Å². The minimum Gasteiger partial charge on any atom is -0.378 e. The molecule has 120 valence electrons. The standard InChI is InChI=1S/C15H19F3N4/c1-21(2)12-6-4-11(5-7-12)9-19-10-13-8-14(15(16,17)18)20-22(13)3/h4-8,19H,9-10H2,1-3H3. The largest absolute Gasteiger partial charge is 0.435 e. The van der Waals surface area contributed by atoms with Crippen LogP contribution in [0.1, 0.15) is 17.0 Å². The molecule has 22 heavy (non-hydrogen) atoms. The van der Waals surface area contributed by atoms with E-state index in [0.717, 1.165) is 17.3 Å². The van der Waals surface area contributed by atoms with Gasteiger partial charge in [0.25, 0.3) is 0 Å². The van der Waals surface area contributed by atoms with Crippen LogP contribution in [0.2, 0.25) is 0 Å². The molecule has 0 saturated heterocycles. The number of halogens is 3. The van der Waals surface area contributed by atoms with Crippen LogP contribution in [0, 0.1) is 0 Å². The van der Waals surface area contributed by atoms with Crippen molar-refractivity contribution in [3.63, 3.8) is 0 Å². The Morgan fingerprint density at radius 2 is 1.77 bits per heavy atom. The number of aromatic nitrogens is 2. The Kier molecular flexibility index (Phi) is 4.75. The van der Waals surface area contributed by atoms with Crippen LogP contribution in [0.4, 0.5) is 18.9 Å². The summed E-state index contributed by atoms with van der Waals surface area (Å²) in [4.78, 5) is 2.01. The molecule has 0 fully saturated rings. The predicted molar refractivity (Wildman–Crippen MR) is 79.5 cm³/mol. The summed E-state index contributed by atoms with van der Waals surface area (Å²) < 4.78 is 39.0. The Morgan fingerprint density at radius 1 is 1.14 bits per heavy atom. The molecular formula is C15H19F3N4. The van der Waals surface area contributed by atoms with Crippen LogP contribution in [-0.2, 0) is 26.3 Å². The van der Waals surface area contributed by atoms with Crippen LogP contribution in [0.3, 0.4) is 0 Å². The summed E-state index contributed by atoms with van der Waals surface area (Å²) in [5.41, 5.74) is 1.81. The van der Waals surface area contributed by atoms with Crippen LogP contribution in [-0.4, -0.2) is 23.9 Å². The molecule has 0 amide bonds. The lowest BCUT2D eigenvalue weighted by molar-refractivity contribution is -0.141. The third-order valence-corrected chi connectivity index (χ3v) is 3.36. The average molecular weight is 312 g/mol. The molecular weight excluding hydrogens is 293 g/mol. The first kappa shape index (κ1) is 16.4. The lowest BCUT2D eigenvalue weighted by Crippen LogP contribution is -2.15. The summed E-state index contributed by atoms with van der Waals surface area (Å²) in [6.45, 7) is 0.912. The molecule has 0 radical (unpaired) electrons. The molecule has 2 rings (SSSR count). The zero-order valence-corrected chi connectivity index (χ0v) is 12.8. The molecule has 1 N–H and O–H groups in total. The molecule has 0 saturated carbocycles. The second kappa shape index (κ2) is 6.39. The minimum absolute atomic E-state index is 0.328. The molecule has 1 aromatic carbocycles. The summed E-state index contributed by atoms with van der Waals surface area (Å²) in [6, 6.07) is 9.06. The van der Waals surface area contributed by atoms with Crippen molar-refractivity contribution in [2.24, 2.45) is 7.05 Å². The van der Waals surface area contributed by atoms with Crippen LogP contribution < -0.4 is 10.2 Å². The van der Waals surface area contributed by atoms with Crippen LogP contribution >= 0.6 is 0 Å². The van der Waals surface area contributed by atoms with Gasteiger partial charge in [0.05, 0.1) is 5.69 Å². The van der Waals surface area contributed by atoms with Crippen molar-refractivity contribution < 1.29 is 13.2 Å². The third kappa shape index (κ3) is 4.00. The van der Waals surface area contributed by atoms with E-state index in [1.807, 2.05) is 43.3 Å². The zero-order valence-electron chi connectivity index (χ0n) is 12.8. The van der Waals surface area contributed by atoms with Crippen molar-refractivity contribution in [1.29, 1.82) is 0 Å². The van der Waals surface area contributed by atoms with Gasteiger partial charge in [-0.15, -0.1) is 0 Å². The Balaban J connectivity index is 1.92. The van der Waals surface area contributed by atoms with Crippen molar-refractivity contribution >= 4 is 5.69 Å². The van der Waals surface area contributed by atoms with Crippen molar-refractivity contribution in [3.05, 3.63) is 47.3 Å².